The summed E-state index contributed by atoms with van der Waals surface area (Å²) in [5.74, 6) is 0.932. The number of ether oxygens (including phenoxy) is 1. The normalized spacial score (nSPS) is 10.4. The van der Waals surface area contributed by atoms with E-state index in [1.54, 1.807) is 0 Å². The Morgan fingerprint density at radius 1 is 1.10 bits per heavy atom. The fourth-order valence-electron chi connectivity index (χ4n) is 2.34. The highest BCUT2D eigenvalue weighted by Crippen LogP contribution is 2.26. The maximum Gasteiger partial charge on any atom is 0.164 e. The summed E-state index contributed by atoms with van der Waals surface area (Å²) >= 11 is 0. The van der Waals surface area contributed by atoms with Gasteiger partial charge in [0.1, 0.15) is 12.4 Å². The molecule has 0 atom stereocenters. The van der Waals surface area contributed by atoms with E-state index in [9.17, 15) is 4.79 Å². The van der Waals surface area contributed by atoms with Crippen LogP contribution in [0.1, 0.15) is 33.5 Å². The molecule has 2 aromatic rings. The monoisotopic (exact) mass is 283 g/mol. The average molecular weight is 283 g/mol. The summed E-state index contributed by atoms with van der Waals surface area (Å²) in [6.07, 6.45) is 0.378. The molecule has 21 heavy (non-hydrogen) atoms. The third-order valence-corrected chi connectivity index (χ3v) is 3.38. The zero-order chi connectivity index (χ0) is 15.2. The number of carbonyl (C=O) groups excluding carboxylic acids is 1. The number of hydrogen-bond donors (Lipinski definition) is 1. The Morgan fingerprint density at radius 3 is 2.29 bits per heavy atom. The zero-order valence-electron chi connectivity index (χ0n) is 12.6. The predicted octanol–water partition coefficient (Wildman–Crippen LogP) is 3.41. The molecule has 2 aromatic carbocycles. The van der Waals surface area contributed by atoms with Gasteiger partial charge in [-0.15, -0.1) is 0 Å². The lowest BCUT2D eigenvalue weighted by molar-refractivity contribution is 0.0985. The summed E-state index contributed by atoms with van der Waals surface area (Å²) in [6.45, 7) is 4.83. The summed E-state index contributed by atoms with van der Waals surface area (Å²) in [6, 6.07) is 13.8. The van der Waals surface area contributed by atoms with E-state index < -0.39 is 0 Å². The summed E-state index contributed by atoms with van der Waals surface area (Å²) in [4.78, 5) is 11.9. The molecule has 0 heterocycles. The van der Waals surface area contributed by atoms with Gasteiger partial charge < -0.3 is 10.5 Å². The predicted molar refractivity (Wildman–Crippen MR) is 84.7 cm³/mol. The van der Waals surface area contributed by atoms with Gasteiger partial charge in [-0.05, 0) is 49.2 Å². The first-order chi connectivity index (χ1) is 10.1. The molecule has 110 valence electrons. The number of carbonyl (C=O) groups is 1. The Balaban J connectivity index is 2.15. The van der Waals surface area contributed by atoms with E-state index in [1.807, 2.05) is 56.3 Å². The molecule has 0 saturated carbocycles. The highest BCUT2D eigenvalue weighted by Gasteiger charge is 2.11. The summed E-state index contributed by atoms with van der Waals surface area (Å²) in [5.41, 5.74) is 9.23. The molecule has 0 aromatic heterocycles. The van der Waals surface area contributed by atoms with Crippen LogP contribution in [0.2, 0.25) is 0 Å². The molecular weight excluding hydrogens is 262 g/mol. The Morgan fingerprint density at radius 2 is 1.71 bits per heavy atom. The number of ketones is 1. The number of nitrogens with two attached hydrogens (primary N) is 1. The highest BCUT2D eigenvalue weighted by molar-refractivity contribution is 5.96. The van der Waals surface area contributed by atoms with Crippen LogP contribution in [-0.4, -0.2) is 12.3 Å². The first-order valence-corrected chi connectivity index (χ1v) is 7.13. The average Bonchev–Trinajstić information content (AvgIpc) is 2.47. The van der Waals surface area contributed by atoms with Crippen molar-refractivity contribution in [2.45, 2.75) is 26.9 Å². The van der Waals surface area contributed by atoms with Gasteiger partial charge in [-0.2, -0.15) is 0 Å². The molecule has 2 rings (SSSR count). The van der Waals surface area contributed by atoms with E-state index in [0.717, 1.165) is 22.4 Å². The minimum atomic E-state index is 0.0818. The lowest BCUT2D eigenvalue weighted by atomic mass is 10.0. The Kier molecular flexibility index (Phi) is 5.12. The second-order valence-electron chi connectivity index (χ2n) is 5.18. The van der Waals surface area contributed by atoms with Crippen LogP contribution >= 0.6 is 0 Å². The van der Waals surface area contributed by atoms with Crippen LogP contribution in [0.25, 0.3) is 0 Å². The lowest BCUT2D eigenvalue weighted by Gasteiger charge is -2.14. The largest absolute Gasteiger partial charge is 0.488 e. The molecule has 0 aliphatic heterocycles. The molecule has 0 aliphatic rings. The molecule has 3 nitrogen and oxygen atoms in total. The van der Waals surface area contributed by atoms with Crippen LogP contribution < -0.4 is 10.5 Å². The van der Waals surface area contributed by atoms with Crippen molar-refractivity contribution in [2.75, 3.05) is 6.54 Å². The lowest BCUT2D eigenvalue weighted by Crippen LogP contribution is -2.09. The van der Waals surface area contributed by atoms with Crippen molar-refractivity contribution in [3.63, 3.8) is 0 Å². The number of benzene rings is 2. The summed E-state index contributed by atoms with van der Waals surface area (Å²) < 4.78 is 5.91. The van der Waals surface area contributed by atoms with Gasteiger partial charge in [0.15, 0.2) is 5.78 Å². The minimum Gasteiger partial charge on any atom is -0.488 e. The van der Waals surface area contributed by atoms with Gasteiger partial charge in [0.2, 0.25) is 0 Å². The number of rotatable bonds is 6. The van der Waals surface area contributed by atoms with Crippen molar-refractivity contribution in [3.05, 3.63) is 64.7 Å². The Labute approximate surface area is 125 Å². The van der Waals surface area contributed by atoms with Crippen molar-refractivity contribution in [2.24, 2.45) is 5.73 Å². The van der Waals surface area contributed by atoms with Crippen LogP contribution in [0.15, 0.2) is 42.5 Å². The third kappa shape index (κ3) is 3.92. The Bertz CT molecular complexity index is 597. The molecule has 0 saturated heterocycles. The van der Waals surface area contributed by atoms with Crippen molar-refractivity contribution < 1.29 is 9.53 Å². The van der Waals surface area contributed by atoms with Gasteiger partial charge in [0.05, 0.1) is 0 Å². The van der Waals surface area contributed by atoms with Crippen molar-refractivity contribution >= 4 is 5.78 Å². The SMILES string of the molecule is Cc1cc(C(=O)CCN)cc(C)c1OCc1ccccc1. The maximum atomic E-state index is 11.9. The van der Waals surface area contributed by atoms with Crippen LogP contribution in [0.5, 0.6) is 5.75 Å². The molecule has 0 amide bonds. The molecule has 2 N–H and O–H groups in total. The van der Waals surface area contributed by atoms with E-state index in [1.165, 1.54) is 0 Å². The fraction of sp³-hybridized carbons (Fsp3) is 0.278. The zero-order valence-corrected chi connectivity index (χ0v) is 12.6. The topological polar surface area (TPSA) is 52.3 Å². The van der Waals surface area contributed by atoms with Crippen molar-refractivity contribution in [1.82, 2.24) is 0 Å². The van der Waals surface area contributed by atoms with E-state index >= 15 is 0 Å². The first kappa shape index (κ1) is 15.3. The van der Waals surface area contributed by atoms with Gasteiger partial charge in [0.25, 0.3) is 0 Å². The van der Waals surface area contributed by atoms with Gasteiger partial charge in [-0.1, -0.05) is 30.3 Å². The van der Waals surface area contributed by atoms with Crippen LogP contribution in [0.3, 0.4) is 0 Å². The van der Waals surface area contributed by atoms with Crippen LogP contribution in [-0.2, 0) is 6.61 Å². The third-order valence-electron chi connectivity index (χ3n) is 3.38. The van der Waals surface area contributed by atoms with E-state index in [4.69, 9.17) is 10.5 Å². The quantitative estimate of drug-likeness (QED) is 0.826. The second kappa shape index (κ2) is 7.04. The first-order valence-electron chi connectivity index (χ1n) is 7.13. The van der Waals surface area contributed by atoms with E-state index in [-0.39, 0.29) is 5.78 Å². The van der Waals surface area contributed by atoms with Gasteiger partial charge in [-0.3, -0.25) is 4.79 Å². The molecule has 0 aliphatic carbocycles. The van der Waals surface area contributed by atoms with Gasteiger partial charge >= 0.3 is 0 Å². The van der Waals surface area contributed by atoms with Crippen LogP contribution in [0.4, 0.5) is 0 Å². The number of aryl methyl sites for hydroxylation is 2. The Hall–Kier alpha value is -2.13. The van der Waals surface area contributed by atoms with Gasteiger partial charge in [-0.25, -0.2) is 0 Å². The molecular formula is C18H21NO2. The van der Waals surface area contributed by atoms with E-state index in [0.29, 0.717) is 25.1 Å². The van der Waals surface area contributed by atoms with Crippen LogP contribution in [0, 0.1) is 13.8 Å². The standard InChI is InChI=1S/C18H21NO2/c1-13-10-16(17(20)8-9-19)11-14(2)18(13)21-12-15-6-4-3-5-7-15/h3-7,10-11H,8-9,12,19H2,1-2H3. The van der Waals surface area contributed by atoms with E-state index in [2.05, 4.69) is 0 Å². The molecule has 3 heteroatoms. The number of Topliss-reactive ketones (excluding diaryl/α,β-unsaturated/α-hetero) is 1. The molecule has 0 unspecified atom stereocenters. The molecule has 0 bridgehead atoms. The molecule has 0 spiro atoms. The number of hydrogen-bond acceptors (Lipinski definition) is 3. The minimum absolute atomic E-state index is 0.0818. The highest BCUT2D eigenvalue weighted by atomic mass is 16.5. The summed E-state index contributed by atoms with van der Waals surface area (Å²) in [7, 11) is 0. The second-order valence-corrected chi connectivity index (χ2v) is 5.18. The smallest absolute Gasteiger partial charge is 0.164 e. The van der Waals surface area contributed by atoms with Gasteiger partial charge in [0, 0.05) is 12.0 Å². The fourth-order valence-corrected chi connectivity index (χ4v) is 2.34. The molecule has 0 fully saturated rings. The van der Waals surface area contributed by atoms with Crippen molar-refractivity contribution in [1.29, 1.82) is 0 Å². The maximum absolute atomic E-state index is 11.9. The summed E-state index contributed by atoms with van der Waals surface area (Å²) in [5, 5.41) is 0. The molecule has 0 radical (unpaired) electrons. The van der Waals surface area contributed by atoms with Crippen molar-refractivity contribution in [3.8, 4) is 5.75 Å².